The van der Waals surface area contributed by atoms with Crippen LogP contribution in [0.1, 0.15) is 41.5 Å². The predicted octanol–water partition coefficient (Wildman–Crippen LogP) is 4.65. The van der Waals surface area contributed by atoms with E-state index in [1.54, 1.807) is 0 Å². The van der Waals surface area contributed by atoms with Crippen molar-refractivity contribution < 1.29 is 9.59 Å². The lowest BCUT2D eigenvalue weighted by atomic mass is 9.46. The van der Waals surface area contributed by atoms with E-state index in [2.05, 4.69) is 55.5 Å². The molecule has 1 saturated heterocycles. The fraction of sp³-hybridized carbons (Fsp3) is 0.231. The highest BCUT2D eigenvalue weighted by molar-refractivity contribution is 6.23. The van der Waals surface area contributed by atoms with Crippen LogP contribution in [0.3, 0.4) is 0 Å². The number of imide groups is 1. The van der Waals surface area contributed by atoms with Crippen LogP contribution in [0.15, 0.2) is 78.9 Å². The third-order valence-electron chi connectivity index (χ3n) is 7.37. The number of amides is 2. The molecule has 2 amide bonds. The normalized spacial score (nSPS) is 28.9. The van der Waals surface area contributed by atoms with Crippen LogP contribution in [0, 0.1) is 11.8 Å². The van der Waals surface area contributed by atoms with Crippen molar-refractivity contribution in [2.45, 2.75) is 24.7 Å². The smallest absolute Gasteiger partial charge is 0.238 e. The van der Waals surface area contributed by atoms with Gasteiger partial charge in [0.15, 0.2) is 0 Å². The van der Waals surface area contributed by atoms with E-state index in [4.69, 9.17) is 0 Å². The van der Waals surface area contributed by atoms with Crippen molar-refractivity contribution in [1.82, 2.24) is 0 Å². The summed E-state index contributed by atoms with van der Waals surface area (Å²) in [5.41, 5.74) is 5.10. The highest BCUT2D eigenvalue weighted by atomic mass is 16.2. The number of hydrogen-bond acceptors (Lipinski definition) is 2. The van der Waals surface area contributed by atoms with Gasteiger partial charge in [0, 0.05) is 11.3 Å². The number of benzene rings is 3. The van der Waals surface area contributed by atoms with Crippen LogP contribution in [-0.2, 0) is 15.0 Å². The molecule has 3 aromatic carbocycles. The molecule has 4 aliphatic rings. The van der Waals surface area contributed by atoms with Gasteiger partial charge in [-0.3, -0.25) is 9.59 Å². The molecule has 1 fully saturated rings. The minimum Gasteiger partial charge on any atom is -0.274 e. The summed E-state index contributed by atoms with van der Waals surface area (Å²) in [5, 5.41) is 0. The van der Waals surface area contributed by atoms with Gasteiger partial charge >= 0.3 is 0 Å². The fourth-order valence-electron chi connectivity index (χ4n) is 6.36. The van der Waals surface area contributed by atoms with Gasteiger partial charge in [0.25, 0.3) is 0 Å². The zero-order chi connectivity index (χ0) is 19.8. The number of carbonyl (C=O) groups is 2. The highest BCUT2D eigenvalue weighted by Gasteiger charge is 2.67. The van der Waals surface area contributed by atoms with E-state index in [9.17, 15) is 9.59 Å². The summed E-state index contributed by atoms with van der Waals surface area (Å²) in [6.45, 7) is 2.15. The summed E-state index contributed by atoms with van der Waals surface area (Å²) in [5.74, 6) is -0.867. The predicted molar refractivity (Wildman–Crippen MR) is 112 cm³/mol. The topological polar surface area (TPSA) is 37.4 Å². The highest BCUT2D eigenvalue weighted by Crippen LogP contribution is 2.65. The standard InChI is InChI=1S/C26H21NO2/c1-2-26-19-14-8-6-12-17(19)21(18-13-7-9-15-20(18)26)22-23(26)25(29)27(24(22)28)16-10-4-3-5-11-16/h3-15,21-23H,2H2,1H3/t21?,22-,23-,26?/m0/s1. The molecule has 2 atom stereocenters. The number of para-hydroxylation sites is 1. The first-order chi connectivity index (χ1) is 14.2. The molecule has 29 heavy (non-hydrogen) atoms. The quantitative estimate of drug-likeness (QED) is 0.608. The average molecular weight is 379 g/mol. The lowest BCUT2D eigenvalue weighted by Gasteiger charge is -2.54. The summed E-state index contributed by atoms with van der Waals surface area (Å²) in [4.78, 5) is 29.0. The molecule has 3 nitrogen and oxygen atoms in total. The molecule has 0 spiro atoms. The maximum Gasteiger partial charge on any atom is 0.238 e. The zero-order valence-corrected chi connectivity index (χ0v) is 16.2. The molecule has 2 bridgehead atoms. The second-order valence-corrected chi connectivity index (χ2v) is 8.33. The van der Waals surface area contributed by atoms with Crippen LogP contribution in [-0.4, -0.2) is 11.8 Å². The molecule has 3 aliphatic carbocycles. The van der Waals surface area contributed by atoms with E-state index < -0.39 is 5.41 Å². The average Bonchev–Trinajstić information content (AvgIpc) is 3.05. The molecule has 1 heterocycles. The Hall–Kier alpha value is -3.20. The second kappa shape index (κ2) is 5.66. The number of nitrogens with zero attached hydrogens (tertiary/aromatic N) is 1. The zero-order valence-electron chi connectivity index (χ0n) is 16.2. The van der Waals surface area contributed by atoms with Crippen LogP contribution in [0.2, 0.25) is 0 Å². The van der Waals surface area contributed by atoms with E-state index in [1.807, 2.05) is 30.3 Å². The van der Waals surface area contributed by atoms with E-state index in [-0.39, 0.29) is 29.6 Å². The summed E-state index contributed by atoms with van der Waals surface area (Å²) in [6, 6.07) is 26.2. The van der Waals surface area contributed by atoms with E-state index in [1.165, 1.54) is 27.2 Å². The van der Waals surface area contributed by atoms with Crippen molar-refractivity contribution in [3.05, 3.63) is 101 Å². The molecule has 7 rings (SSSR count). The molecular weight excluding hydrogens is 358 g/mol. The van der Waals surface area contributed by atoms with Crippen LogP contribution in [0.25, 0.3) is 0 Å². The van der Waals surface area contributed by atoms with Gasteiger partial charge in [-0.1, -0.05) is 73.7 Å². The van der Waals surface area contributed by atoms with Crippen LogP contribution < -0.4 is 4.90 Å². The van der Waals surface area contributed by atoms with Crippen molar-refractivity contribution in [3.63, 3.8) is 0 Å². The van der Waals surface area contributed by atoms with Gasteiger partial charge in [-0.15, -0.1) is 0 Å². The largest absolute Gasteiger partial charge is 0.274 e. The van der Waals surface area contributed by atoms with Gasteiger partial charge in [-0.2, -0.15) is 0 Å². The van der Waals surface area contributed by atoms with Crippen molar-refractivity contribution in [3.8, 4) is 0 Å². The first-order valence-electron chi connectivity index (χ1n) is 10.3. The SMILES string of the molecule is CCC12c3ccccc3C(c3ccccc31)[C@@H]1C(=O)N(c3ccccc3)C(=O)[C@H]12. The Bertz CT molecular complexity index is 1120. The minimum atomic E-state index is -0.455. The molecule has 0 aromatic heterocycles. The fourth-order valence-corrected chi connectivity index (χ4v) is 6.36. The summed E-state index contributed by atoms with van der Waals surface area (Å²) < 4.78 is 0. The number of carbonyl (C=O) groups excluding carboxylic acids is 2. The van der Waals surface area contributed by atoms with Gasteiger partial charge in [-0.05, 0) is 40.8 Å². The third kappa shape index (κ3) is 1.84. The first kappa shape index (κ1) is 16.7. The van der Waals surface area contributed by atoms with Crippen LogP contribution >= 0.6 is 0 Å². The Morgan fingerprint density at radius 3 is 1.90 bits per heavy atom. The minimum absolute atomic E-state index is 0.0537. The summed E-state index contributed by atoms with van der Waals surface area (Å²) in [7, 11) is 0. The maximum atomic E-state index is 13.8. The Balaban J connectivity index is 1.66. The van der Waals surface area contributed by atoms with Gasteiger partial charge in [0.1, 0.15) is 0 Å². The Kier molecular flexibility index (Phi) is 3.27. The Morgan fingerprint density at radius 2 is 1.31 bits per heavy atom. The molecule has 3 aromatic rings. The molecule has 142 valence electrons. The molecule has 0 N–H and O–H groups in total. The Labute approximate surface area is 170 Å². The van der Waals surface area contributed by atoms with E-state index >= 15 is 0 Å². The van der Waals surface area contributed by atoms with Crippen LogP contribution in [0.4, 0.5) is 5.69 Å². The van der Waals surface area contributed by atoms with E-state index in [0.717, 1.165) is 6.42 Å². The molecule has 1 aliphatic heterocycles. The Morgan fingerprint density at radius 1 is 0.759 bits per heavy atom. The van der Waals surface area contributed by atoms with Gasteiger partial charge in [-0.25, -0.2) is 4.90 Å². The lowest BCUT2D eigenvalue weighted by molar-refractivity contribution is -0.123. The number of rotatable bonds is 2. The van der Waals surface area contributed by atoms with E-state index in [0.29, 0.717) is 5.69 Å². The summed E-state index contributed by atoms with van der Waals surface area (Å²) in [6.07, 6.45) is 0.788. The third-order valence-corrected chi connectivity index (χ3v) is 7.37. The molecular formula is C26H21NO2. The van der Waals surface area contributed by atoms with Crippen molar-refractivity contribution in [1.29, 1.82) is 0 Å². The lowest BCUT2D eigenvalue weighted by Crippen LogP contribution is -2.53. The number of hydrogen-bond donors (Lipinski definition) is 0. The van der Waals surface area contributed by atoms with Crippen molar-refractivity contribution in [2.75, 3.05) is 4.90 Å². The molecule has 0 radical (unpaired) electrons. The van der Waals surface area contributed by atoms with Gasteiger partial charge < -0.3 is 0 Å². The number of anilines is 1. The molecule has 3 heteroatoms. The molecule has 0 unspecified atom stereocenters. The van der Waals surface area contributed by atoms with Gasteiger partial charge in [0.2, 0.25) is 11.8 Å². The van der Waals surface area contributed by atoms with Crippen molar-refractivity contribution in [2.24, 2.45) is 11.8 Å². The first-order valence-corrected chi connectivity index (χ1v) is 10.3. The van der Waals surface area contributed by atoms with Crippen LogP contribution in [0.5, 0.6) is 0 Å². The monoisotopic (exact) mass is 379 g/mol. The van der Waals surface area contributed by atoms with Crippen molar-refractivity contribution >= 4 is 17.5 Å². The van der Waals surface area contributed by atoms with Gasteiger partial charge in [0.05, 0.1) is 17.5 Å². The molecule has 0 saturated carbocycles. The maximum absolute atomic E-state index is 13.8. The summed E-state index contributed by atoms with van der Waals surface area (Å²) >= 11 is 0. The second-order valence-electron chi connectivity index (χ2n) is 8.33.